The fourth-order valence-electron chi connectivity index (χ4n) is 10.5. The van der Waals surface area contributed by atoms with Crippen molar-refractivity contribution in [3.63, 3.8) is 0 Å². The molecule has 0 aliphatic heterocycles. The maximum atomic E-state index is 15.7. The van der Waals surface area contributed by atoms with Gasteiger partial charge in [-0.05, 0) is 136 Å². The van der Waals surface area contributed by atoms with Crippen molar-refractivity contribution in [3.8, 4) is 56.6 Å². The Kier molecular flexibility index (Phi) is 12.5. The Labute approximate surface area is 429 Å². The first-order valence-corrected chi connectivity index (χ1v) is 32.2. The van der Waals surface area contributed by atoms with E-state index in [2.05, 4.69) is 161 Å². The molecule has 0 unspecified atom stereocenters. The van der Waals surface area contributed by atoms with Gasteiger partial charge in [0.2, 0.25) is 0 Å². The van der Waals surface area contributed by atoms with E-state index in [1.807, 2.05) is 26.0 Å². The summed E-state index contributed by atoms with van der Waals surface area (Å²) < 4.78 is 49.0. The lowest BCUT2D eigenvalue weighted by Gasteiger charge is -2.24. The number of hydrogen-bond acceptors (Lipinski definition) is 4. The standard InChI is InChI=1S/C63H64F2N2O4Si2/c1-36-14-18-46-47-19-15-37(2)25-55(47)66(54(46)24-36)58-34-44(72(7,8)9)32-50(60(58)68)52-30-42(64)28-40(5)62(52)70-22-13-23-71-63-41(6)29-43(65)31-53(63)51-33-45(73(10,11)12)35-59(61(51)69)67-56-26-38(3)16-20-48(56)49-21-17-39(4)27-57(49)67/h14-21,24-35,68-69H,13,22-23H2,1-12H3. The Morgan fingerprint density at radius 2 is 0.726 bits per heavy atom. The second kappa shape index (κ2) is 18.4. The van der Waals surface area contributed by atoms with Gasteiger partial charge in [0.05, 0.1) is 62.8 Å². The Balaban J connectivity index is 1.01. The van der Waals surface area contributed by atoms with Crippen molar-refractivity contribution in [1.29, 1.82) is 0 Å². The molecule has 8 aromatic carbocycles. The average Bonchev–Trinajstić information content (AvgIpc) is 3.79. The van der Waals surface area contributed by atoms with E-state index >= 15 is 8.78 Å². The van der Waals surface area contributed by atoms with Crippen LogP contribution in [0, 0.1) is 53.2 Å². The molecule has 0 aliphatic carbocycles. The highest BCUT2D eigenvalue weighted by Crippen LogP contribution is 2.46. The molecule has 10 heteroatoms. The van der Waals surface area contributed by atoms with Gasteiger partial charge in [-0.2, -0.15) is 0 Å². The first-order valence-electron chi connectivity index (χ1n) is 25.2. The quantitative estimate of drug-likeness (QED) is 0.0945. The maximum Gasteiger partial charge on any atom is 0.147 e. The van der Waals surface area contributed by atoms with E-state index < -0.39 is 27.8 Å². The number of nitrogens with zero attached hydrogens (tertiary/aromatic N) is 2. The Morgan fingerprint density at radius 1 is 0.411 bits per heavy atom. The largest absolute Gasteiger partial charge is 0.505 e. The molecule has 0 saturated heterocycles. The molecule has 2 aromatic heterocycles. The van der Waals surface area contributed by atoms with Gasteiger partial charge in [-0.1, -0.05) is 110 Å². The molecule has 10 aromatic rings. The summed E-state index contributed by atoms with van der Waals surface area (Å²) in [7, 11) is -4.09. The van der Waals surface area contributed by atoms with Gasteiger partial charge in [0.15, 0.2) is 0 Å². The summed E-state index contributed by atoms with van der Waals surface area (Å²) in [5, 5.41) is 31.7. The number of fused-ring (bicyclic) bond motifs is 6. The van der Waals surface area contributed by atoms with Gasteiger partial charge in [0, 0.05) is 50.2 Å². The minimum Gasteiger partial charge on any atom is -0.505 e. The van der Waals surface area contributed by atoms with Crippen molar-refractivity contribution in [2.45, 2.75) is 87.2 Å². The van der Waals surface area contributed by atoms with Crippen LogP contribution in [0.5, 0.6) is 23.0 Å². The van der Waals surface area contributed by atoms with Crippen molar-refractivity contribution in [2.24, 2.45) is 0 Å². The highest BCUT2D eigenvalue weighted by Gasteiger charge is 2.29. The smallest absolute Gasteiger partial charge is 0.147 e. The molecule has 0 aliphatic rings. The van der Waals surface area contributed by atoms with Crippen molar-refractivity contribution < 1.29 is 28.5 Å². The van der Waals surface area contributed by atoms with Crippen molar-refractivity contribution in [1.82, 2.24) is 9.13 Å². The molecule has 10 rings (SSSR count). The van der Waals surface area contributed by atoms with E-state index in [1.165, 1.54) is 24.3 Å². The summed E-state index contributed by atoms with van der Waals surface area (Å²) in [5.41, 5.74) is 12.7. The number of hydrogen-bond donors (Lipinski definition) is 2. The summed E-state index contributed by atoms with van der Waals surface area (Å²) >= 11 is 0. The van der Waals surface area contributed by atoms with Crippen LogP contribution in [0.15, 0.2) is 121 Å². The maximum absolute atomic E-state index is 15.7. The average molecular weight is 1010 g/mol. The summed E-state index contributed by atoms with van der Waals surface area (Å²) in [6.45, 7) is 26.0. The minimum absolute atomic E-state index is 0.0364. The second-order valence-electron chi connectivity index (χ2n) is 22.3. The van der Waals surface area contributed by atoms with E-state index in [4.69, 9.17) is 9.47 Å². The van der Waals surface area contributed by atoms with Crippen molar-refractivity contribution in [2.75, 3.05) is 13.2 Å². The zero-order valence-electron chi connectivity index (χ0n) is 44.0. The van der Waals surface area contributed by atoms with Crippen molar-refractivity contribution >= 4 is 70.1 Å². The lowest BCUT2D eigenvalue weighted by Crippen LogP contribution is -2.38. The zero-order chi connectivity index (χ0) is 52.0. The number of phenols is 2. The molecule has 0 fully saturated rings. The zero-order valence-corrected chi connectivity index (χ0v) is 46.0. The van der Waals surface area contributed by atoms with Gasteiger partial charge in [0.1, 0.15) is 34.6 Å². The Hall–Kier alpha value is -7.15. The first kappa shape index (κ1) is 49.4. The van der Waals surface area contributed by atoms with Crippen LogP contribution in [-0.4, -0.2) is 48.7 Å². The molecule has 0 saturated carbocycles. The number of ether oxygens (including phenoxy) is 2. The molecule has 6 nitrogen and oxygen atoms in total. The lowest BCUT2D eigenvalue weighted by atomic mass is 9.99. The van der Waals surface area contributed by atoms with E-state index in [1.54, 1.807) is 0 Å². The van der Waals surface area contributed by atoms with E-state index in [0.717, 1.165) is 76.2 Å². The molecule has 73 heavy (non-hydrogen) atoms. The highest BCUT2D eigenvalue weighted by molar-refractivity contribution is 6.89. The molecule has 2 N–H and O–H groups in total. The van der Waals surface area contributed by atoms with Crippen LogP contribution in [0.3, 0.4) is 0 Å². The van der Waals surface area contributed by atoms with Gasteiger partial charge >= 0.3 is 0 Å². The molecule has 0 spiro atoms. The number of aromatic nitrogens is 2. The van der Waals surface area contributed by atoms with Crippen LogP contribution in [0.2, 0.25) is 39.3 Å². The van der Waals surface area contributed by atoms with Crippen LogP contribution in [0.1, 0.15) is 39.8 Å². The van der Waals surface area contributed by atoms with Gasteiger partial charge < -0.3 is 28.8 Å². The SMILES string of the molecule is Cc1ccc2c3ccc(C)cc3n(-c3cc([Si](C)(C)C)cc(-c4cc(F)cc(C)c4OCCCOc4c(C)cc(F)cc4-c4cc([Si](C)(C)C)cc(-n5c6cc(C)ccc6c6ccc(C)cc65)c4O)c3O)c2c1. The Morgan fingerprint density at radius 3 is 1.03 bits per heavy atom. The third kappa shape index (κ3) is 8.99. The van der Waals surface area contributed by atoms with Gasteiger partial charge in [-0.3, -0.25) is 0 Å². The Bertz CT molecular complexity index is 3510. The summed E-state index contributed by atoms with van der Waals surface area (Å²) in [5.74, 6) is 0.150. The number of halogens is 2. The van der Waals surface area contributed by atoms with E-state index in [-0.39, 0.29) is 24.7 Å². The fourth-order valence-corrected chi connectivity index (χ4v) is 12.8. The molecule has 0 radical (unpaired) electrons. The van der Waals surface area contributed by atoms with Crippen LogP contribution >= 0.6 is 0 Å². The highest BCUT2D eigenvalue weighted by atomic mass is 28.3. The monoisotopic (exact) mass is 1010 g/mol. The number of aryl methyl sites for hydroxylation is 6. The predicted molar refractivity (Wildman–Crippen MR) is 306 cm³/mol. The second-order valence-corrected chi connectivity index (χ2v) is 32.4. The summed E-state index contributed by atoms with van der Waals surface area (Å²) in [6.07, 6.45) is 0.422. The van der Waals surface area contributed by atoms with Crippen LogP contribution in [-0.2, 0) is 0 Å². The molecule has 0 amide bonds. The molecule has 0 atom stereocenters. The number of benzene rings is 8. The van der Waals surface area contributed by atoms with Gasteiger partial charge in [-0.15, -0.1) is 0 Å². The van der Waals surface area contributed by atoms with E-state index in [9.17, 15) is 10.2 Å². The molecule has 2 heterocycles. The summed E-state index contributed by atoms with van der Waals surface area (Å²) in [6, 6.07) is 39.7. The summed E-state index contributed by atoms with van der Waals surface area (Å²) in [4.78, 5) is 0. The molecule has 372 valence electrons. The van der Waals surface area contributed by atoms with Crippen LogP contribution < -0.4 is 19.8 Å². The normalized spacial score (nSPS) is 12.2. The number of phenolic OH excluding ortho intramolecular Hbond substituents is 2. The minimum atomic E-state index is -2.05. The molecular weight excluding hydrogens is 943 g/mol. The third-order valence-corrected chi connectivity index (χ3v) is 18.4. The molecule has 0 bridgehead atoms. The van der Waals surface area contributed by atoms with Crippen molar-refractivity contribution in [3.05, 3.63) is 166 Å². The first-order chi connectivity index (χ1) is 34.6. The molecular formula is C63H64F2N2O4Si2. The van der Waals surface area contributed by atoms with E-state index in [0.29, 0.717) is 62.7 Å². The topological polar surface area (TPSA) is 68.8 Å². The third-order valence-electron chi connectivity index (χ3n) is 14.4. The van der Waals surface area contributed by atoms with Crippen LogP contribution in [0.4, 0.5) is 8.78 Å². The van der Waals surface area contributed by atoms with Gasteiger partial charge in [-0.25, -0.2) is 8.78 Å². The predicted octanol–water partition coefficient (Wildman–Crippen LogP) is 15.7. The lowest BCUT2D eigenvalue weighted by molar-refractivity contribution is 0.246. The number of aromatic hydroxyl groups is 2. The van der Waals surface area contributed by atoms with Gasteiger partial charge in [0.25, 0.3) is 0 Å². The van der Waals surface area contributed by atoms with Crippen LogP contribution in [0.25, 0.3) is 77.2 Å². The number of rotatable bonds is 12. The fraction of sp³-hybridized carbons (Fsp3) is 0.238.